The second-order valence-electron chi connectivity index (χ2n) is 7.44. The predicted octanol–water partition coefficient (Wildman–Crippen LogP) is 2.84. The molecule has 3 rings (SSSR count). The maximum absolute atomic E-state index is 11.9. The van der Waals surface area contributed by atoms with E-state index in [0.717, 1.165) is 30.9 Å². The fourth-order valence-corrected chi connectivity index (χ4v) is 3.87. The van der Waals surface area contributed by atoms with Gasteiger partial charge in [-0.3, -0.25) is 9.79 Å². The summed E-state index contributed by atoms with van der Waals surface area (Å²) in [6.45, 7) is 4.10. The van der Waals surface area contributed by atoms with Crippen LogP contribution in [-0.4, -0.2) is 55.2 Å². The lowest BCUT2D eigenvalue weighted by atomic mass is 9.99. The Hall–Kier alpha value is -1.58. The van der Waals surface area contributed by atoms with E-state index in [0.29, 0.717) is 25.1 Å². The third kappa shape index (κ3) is 5.71. The van der Waals surface area contributed by atoms with Gasteiger partial charge in [-0.05, 0) is 37.2 Å². The number of methoxy groups -OCH3 is 1. The normalized spacial score (nSPS) is 22.7. The maximum Gasteiger partial charge on any atom is 0.310 e. The predicted molar refractivity (Wildman–Crippen MR) is 119 cm³/mol. The van der Waals surface area contributed by atoms with E-state index in [4.69, 9.17) is 9.47 Å². The topological polar surface area (TPSA) is 76.1 Å². The Morgan fingerprint density at radius 1 is 1.32 bits per heavy atom. The third-order valence-corrected chi connectivity index (χ3v) is 5.47. The van der Waals surface area contributed by atoms with Crippen LogP contribution < -0.4 is 10.1 Å². The fraction of sp³-hybridized carbons (Fsp3) is 0.650. The molecule has 2 unspecified atom stereocenters. The maximum atomic E-state index is 11.9. The van der Waals surface area contributed by atoms with Crippen LogP contribution in [0.5, 0.6) is 5.88 Å². The highest BCUT2D eigenvalue weighted by atomic mass is 127. The van der Waals surface area contributed by atoms with Crippen LogP contribution in [0.15, 0.2) is 23.3 Å². The summed E-state index contributed by atoms with van der Waals surface area (Å²) in [5, 5.41) is 3.36. The molecule has 0 spiro atoms. The van der Waals surface area contributed by atoms with Gasteiger partial charge in [-0.25, -0.2) is 4.98 Å². The largest absolute Gasteiger partial charge is 0.474 e. The Bertz CT molecular complexity index is 662. The Kier molecular flexibility index (Phi) is 8.78. The quantitative estimate of drug-likeness (QED) is 0.289. The summed E-state index contributed by atoms with van der Waals surface area (Å²) in [7, 11) is 3.20. The molecule has 1 aliphatic carbocycles. The second kappa shape index (κ2) is 10.8. The monoisotopic (exact) mass is 502 g/mol. The van der Waals surface area contributed by atoms with Crippen LogP contribution in [0.4, 0.5) is 0 Å². The van der Waals surface area contributed by atoms with Gasteiger partial charge < -0.3 is 19.7 Å². The summed E-state index contributed by atoms with van der Waals surface area (Å²) in [6.07, 6.45) is 6.91. The summed E-state index contributed by atoms with van der Waals surface area (Å²) in [6, 6.07) is 3.96. The number of likely N-dealkylation sites (tertiary alicyclic amines) is 1. The summed E-state index contributed by atoms with van der Waals surface area (Å²) in [5.41, 5.74) is 1.06. The first-order valence-corrected chi connectivity index (χ1v) is 9.75. The van der Waals surface area contributed by atoms with Crippen LogP contribution in [-0.2, 0) is 16.1 Å². The highest BCUT2D eigenvalue weighted by Crippen LogP contribution is 2.24. The van der Waals surface area contributed by atoms with Crippen molar-refractivity contribution in [3.8, 4) is 5.88 Å². The molecule has 0 amide bonds. The zero-order chi connectivity index (χ0) is 19.2. The SMILES string of the molecule is CN=C(NCc1ccc(OC2CCCC2)nc1)N1CC(C)C(C(=O)OC)C1.I. The lowest BCUT2D eigenvalue weighted by molar-refractivity contribution is -0.145. The molecular formula is C20H31IN4O3. The van der Waals surface area contributed by atoms with Crippen LogP contribution >= 0.6 is 24.0 Å². The zero-order valence-corrected chi connectivity index (χ0v) is 19.2. The number of hydrogen-bond acceptors (Lipinski definition) is 5. The van der Waals surface area contributed by atoms with Crippen LogP contribution in [0, 0.1) is 11.8 Å². The molecule has 1 aliphatic heterocycles. The number of hydrogen-bond donors (Lipinski definition) is 1. The van der Waals surface area contributed by atoms with Gasteiger partial charge in [0.15, 0.2) is 5.96 Å². The molecular weight excluding hydrogens is 471 g/mol. The third-order valence-electron chi connectivity index (χ3n) is 5.47. The molecule has 1 saturated carbocycles. The summed E-state index contributed by atoms with van der Waals surface area (Å²) in [5.74, 6) is 1.47. The van der Waals surface area contributed by atoms with E-state index < -0.39 is 0 Å². The van der Waals surface area contributed by atoms with Crippen molar-refractivity contribution in [1.29, 1.82) is 0 Å². The highest BCUT2D eigenvalue weighted by molar-refractivity contribution is 14.0. The van der Waals surface area contributed by atoms with Gasteiger partial charge in [0, 0.05) is 38.9 Å². The standard InChI is InChI=1S/C20H30N4O3.HI/c1-14-12-24(13-17(14)19(25)26-3)20(21-2)23-11-15-8-9-18(22-10-15)27-16-6-4-5-7-16;/h8-10,14,16-17H,4-7,11-13H2,1-3H3,(H,21,23);1H. The van der Waals surface area contributed by atoms with Gasteiger partial charge in [-0.1, -0.05) is 13.0 Å². The molecule has 2 fully saturated rings. The first-order valence-electron chi connectivity index (χ1n) is 9.75. The fourth-order valence-electron chi connectivity index (χ4n) is 3.87. The minimum absolute atomic E-state index is 0. The molecule has 2 aliphatic rings. The average Bonchev–Trinajstić information content (AvgIpc) is 3.33. The van der Waals surface area contributed by atoms with Gasteiger partial charge in [0.2, 0.25) is 5.88 Å². The molecule has 0 aromatic carbocycles. The lowest BCUT2D eigenvalue weighted by Crippen LogP contribution is -2.40. The number of halogens is 1. The van der Waals surface area contributed by atoms with Gasteiger partial charge in [0.1, 0.15) is 6.10 Å². The van der Waals surface area contributed by atoms with Crippen molar-refractivity contribution in [3.05, 3.63) is 23.9 Å². The number of nitrogens with zero attached hydrogens (tertiary/aromatic N) is 3. The summed E-state index contributed by atoms with van der Waals surface area (Å²) >= 11 is 0. The number of aromatic nitrogens is 1. The van der Waals surface area contributed by atoms with Crippen molar-refractivity contribution >= 4 is 35.9 Å². The smallest absolute Gasteiger partial charge is 0.310 e. The number of aliphatic imine (C=N–C) groups is 1. The Morgan fingerprint density at radius 3 is 2.68 bits per heavy atom. The summed E-state index contributed by atoms with van der Waals surface area (Å²) < 4.78 is 10.8. The van der Waals surface area contributed by atoms with Crippen LogP contribution in [0.1, 0.15) is 38.2 Å². The molecule has 8 heteroatoms. The molecule has 2 atom stereocenters. The minimum Gasteiger partial charge on any atom is -0.474 e. The van der Waals surface area contributed by atoms with Crippen molar-refractivity contribution in [2.75, 3.05) is 27.2 Å². The zero-order valence-electron chi connectivity index (χ0n) is 16.9. The molecule has 1 N–H and O–H groups in total. The Morgan fingerprint density at radius 2 is 2.07 bits per heavy atom. The van der Waals surface area contributed by atoms with Gasteiger partial charge in [-0.2, -0.15) is 0 Å². The number of ether oxygens (including phenoxy) is 2. The molecule has 7 nitrogen and oxygen atoms in total. The molecule has 28 heavy (non-hydrogen) atoms. The van der Waals surface area contributed by atoms with Crippen LogP contribution in [0.2, 0.25) is 0 Å². The van der Waals surface area contributed by atoms with Gasteiger partial charge in [-0.15, -0.1) is 24.0 Å². The molecule has 156 valence electrons. The first kappa shape index (κ1) is 22.7. The van der Waals surface area contributed by atoms with E-state index in [1.165, 1.54) is 20.0 Å². The van der Waals surface area contributed by atoms with Crippen molar-refractivity contribution < 1.29 is 14.3 Å². The van der Waals surface area contributed by atoms with E-state index in [2.05, 4.69) is 27.1 Å². The molecule has 0 bridgehead atoms. The first-order chi connectivity index (χ1) is 13.1. The van der Waals surface area contributed by atoms with E-state index in [9.17, 15) is 4.79 Å². The van der Waals surface area contributed by atoms with Crippen molar-refractivity contribution in [1.82, 2.24) is 15.2 Å². The van der Waals surface area contributed by atoms with Crippen LogP contribution in [0.3, 0.4) is 0 Å². The molecule has 2 heterocycles. The number of nitrogens with one attached hydrogen (secondary N) is 1. The highest BCUT2D eigenvalue weighted by Gasteiger charge is 2.36. The van der Waals surface area contributed by atoms with Crippen molar-refractivity contribution in [3.63, 3.8) is 0 Å². The lowest BCUT2D eigenvalue weighted by Gasteiger charge is -2.21. The molecule has 1 aromatic heterocycles. The van der Waals surface area contributed by atoms with Crippen LogP contribution in [0.25, 0.3) is 0 Å². The molecule has 0 radical (unpaired) electrons. The number of guanidine groups is 1. The van der Waals surface area contributed by atoms with Gasteiger partial charge >= 0.3 is 5.97 Å². The number of pyridine rings is 1. The summed E-state index contributed by atoms with van der Waals surface area (Å²) in [4.78, 5) is 22.8. The second-order valence-corrected chi connectivity index (χ2v) is 7.44. The van der Waals surface area contributed by atoms with E-state index in [1.807, 2.05) is 18.3 Å². The van der Waals surface area contributed by atoms with E-state index in [-0.39, 0.29) is 41.8 Å². The average molecular weight is 502 g/mol. The number of esters is 1. The Labute approximate surface area is 184 Å². The van der Waals surface area contributed by atoms with Gasteiger partial charge in [0.05, 0.1) is 13.0 Å². The number of carbonyl (C=O) groups is 1. The number of carbonyl (C=O) groups excluding carboxylic acids is 1. The van der Waals surface area contributed by atoms with Crippen molar-refractivity contribution in [2.24, 2.45) is 16.8 Å². The minimum atomic E-state index is -0.150. The van der Waals surface area contributed by atoms with E-state index >= 15 is 0 Å². The number of rotatable bonds is 5. The molecule has 1 saturated heterocycles. The van der Waals surface area contributed by atoms with Gasteiger partial charge in [0.25, 0.3) is 0 Å². The van der Waals surface area contributed by atoms with Crippen molar-refractivity contribution in [2.45, 2.75) is 45.3 Å². The van der Waals surface area contributed by atoms with E-state index in [1.54, 1.807) is 7.05 Å². The molecule has 1 aromatic rings. The Balaban J connectivity index is 0.00000280.